The van der Waals surface area contributed by atoms with Crippen molar-refractivity contribution >= 4 is 11.6 Å². The Labute approximate surface area is 98.5 Å². The van der Waals surface area contributed by atoms with Crippen molar-refractivity contribution in [1.29, 1.82) is 5.26 Å². The molecule has 0 fully saturated rings. The highest BCUT2D eigenvalue weighted by molar-refractivity contribution is 6.03. The second kappa shape index (κ2) is 4.54. The molecular weight excluding hydrogens is 216 g/mol. The van der Waals surface area contributed by atoms with Crippen molar-refractivity contribution in [2.75, 3.05) is 5.32 Å². The minimum absolute atomic E-state index is 0.294. The van der Waals surface area contributed by atoms with Crippen molar-refractivity contribution in [2.24, 2.45) is 0 Å². The van der Waals surface area contributed by atoms with Gasteiger partial charge in [0, 0.05) is 11.3 Å². The highest BCUT2D eigenvalue weighted by Gasteiger charge is 2.12. The van der Waals surface area contributed by atoms with Crippen LogP contribution in [0.1, 0.15) is 21.7 Å². The van der Waals surface area contributed by atoms with Crippen molar-refractivity contribution < 1.29 is 9.21 Å². The van der Waals surface area contributed by atoms with Crippen molar-refractivity contribution in [3.63, 3.8) is 0 Å². The Bertz CT molecular complexity index is 576. The van der Waals surface area contributed by atoms with Gasteiger partial charge < -0.3 is 9.73 Å². The smallest absolute Gasteiger partial charge is 0.291 e. The van der Waals surface area contributed by atoms with Crippen LogP contribution < -0.4 is 5.32 Å². The third-order valence-corrected chi connectivity index (χ3v) is 2.34. The van der Waals surface area contributed by atoms with Gasteiger partial charge in [-0.05, 0) is 37.3 Å². The van der Waals surface area contributed by atoms with Crippen LogP contribution in [0.4, 0.5) is 5.69 Å². The molecule has 84 valence electrons. The second-order valence-corrected chi connectivity index (χ2v) is 3.58. The van der Waals surface area contributed by atoms with Crippen LogP contribution in [-0.2, 0) is 0 Å². The molecule has 1 N–H and O–H groups in total. The molecule has 0 radical (unpaired) electrons. The quantitative estimate of drug-likeness (QED) is 0.856. The predicted octanol–water partition coefficient (Wildman–Crippen LogP) is 2.71. The van der Waals surface area contributed by atoms with Gasteiger partial charge in [-0.25, -0.2) is 0 Å². The number of benzene rings is 1. The molecule has 0 atom stereocenters. The Morgan fingerprint density at radius 1 is 1.29 bits per heavy atom. The fourth-order valence-electron chi connectivity index (χ4n) is 1.42. The molecule has 4 nitrogen and oxygen atoms in total. The summed E-state index contributed by atoms with van der Waals surface area (Å²) in [5.41, 5.74) is 1.97. The number of anilines is 1. The van der Waals surface area contributed by atoms with Crippen LogP contribution in [0.3, 0.4) is 0 Å². The van der Waals surface area contributed by atoms with E-state index < -0.39 is 0 Å². The zero-order valence-corrected chi connectivity index (χ0v) is 9.23. The van der Waals surface area contributed by atoms with Crippen molar-refractivity contribution in [2.45, 2.75) is 6.92 Å². The normalized spacial score (nSPS) is 9.65. The number of hydrogen-bond acceptors (Lipinski definition) is 3. The third kappa shape index (κ3) is 2.34. The molecule has 0 spiro atoms. The number of furan rings is 1. The summed E-state index contributed by atoms with van der Waals surface area (Å²) in [5.74, 6) is 0.00608. The number of nitrogens with zero attached hydrogens (tertiary/aromatic N) is 1. The zero-order valence-electron chi connectivity index (χ0n) is 9.23. The van der Waals surface area contributed by atoms with E-state index in [1.807, 2.05) is 6.07 Å². The van der Waals surface area contributed by atoms with E-state index in [0.29, 0.717) is 17.0 Å². The molecule has 0 aliphatic rings. The maximum atomic E-state index is 11.8. The first-order chi connectivity index (χ1) is 8.20. The largest absolute Gasteiger partial charge is 0.459 e. The standard InChI is InChI=1S/C13H10N2O2/c1-9-6-7-17-12(9)13(16)15-11-4-2-10(8-14)3-5-11/h2-7H,1H3,(H,15,16). The van der Waals surface area contributed by atoms with E-state index in [1.165, 1.54) is 6.26 Å². The molecule has 1 aromatic carbocycles. The van der Waals surface area contributed by atoms with Gasteiger partial charge in [0.2, 0.25) is 0 Å². The van der Waals surface area contributed by atoms with Crippen molar-refractivity contribution in [1.82, 2.24) is 0 Å². The minimum Gasteiger partial charge on any atom is -0.459 e. The van der Waals surface area contributed by atoms with Gasteiger partial charge in [-0.1, -0.05) is 0 Å². The van der Waals surface area contributed by atoms with E-state index in [4.69, 9.17) is 9.68 Å². The van der Waals surface area contributed by atoms with Gasteiger partial charge >= 0.3 is 0 Å². The number of carbonyl (C=O) groups excluding carboxylic acids is 1. The SMILES string of the molecule is Cc1ccoc1C(=O)Nc1ccc(C#N)cc1. The summed E-state index contributed by atoms with van der Waals surface area (Å²) in [6.07, 6.45) is 1.48. The van der Waals surface area contributed by atoms with E-state index in [9.17, 15) is 4.79 Å². The fraction of sp³-hybridized carbons (Fsp3) is 0.0769. The predicted molar refractivity (Wildman–Crippen MR) is 62.6 cm³/mol. The van der Waals surface area contributed by atoms with Crippen LogP contribution in [0.25, 0.3) is 0 Å². The Kier molecular flexibility index (Phi) is 2.93. The van der Waals surface area contributed by atoms with Crippen LogP contribution in [0.5, 0.6) is 0 Å². The van der Waals surface area contributed by atoms with E-state index in [-0.39, 0.29) is 5.91 Å². The van der Waals surface area contributed by atoms with E-state index >= 15 is 0 Å². The van der Waals surface area contributed by atoms with Crippen LogP contribution in [-0.4, -0.2) is 5.91 Å². The number of aryl methyl sites for hydroxylation is 1. The maximum Gasteiger partial charge on any atom is 0.291 e. The van der Waals surface area contributed by atoms with Crippen LogP contribution in [0.15, 0.2) is 41.0 Å². The third-order valence-electron chi connectivity index (χ3n) is 2.34. The highest BCUT2D eigenvalue weighted by atomic mass is 16.3. The Morgan fingerprint density at radius 2 is 2.00 bits per heavy atom. The molecule has 17 heavy (non-hydrogen) atoms. The molecule has 0 aliphatic heterocycles. The number of nitrogens with one attached hydrogen (secondary N) is 1. The lowest BCUT2D eigenvalue weighted by molar-refractivity contribution is 0.0996. The first kappa shape index (κ1) is 11.0. The summed E-state index contributed by atoms with van der Waals surface area (Å²) in [7, 11) is 0. The topological polar surface area (TPSA) is 66.0 Å². The fourth-order valence-corrected chi connectivity index (χ4v) is 1.42. The molecule has 1 heterocycles. The van der Waals surface area contributed by atoms with E-state index in [1.54, 1.807) is 37.3 Å². The number of hydrogen-bond donors (Lipinski definition) is 1. The molecule has 0 unspecified atom stereocenters. The molecule has 2 rings (SSSR count). The average Bonchev–Trinajstić information content (AvgIpc) is 2.76. The summed E-state index contributed by atoms with van der Waals surface area (Å²) < 4.78 is 5.08. The lowest BCUT2D eigenvalue weighted by Crippen LogP contribution is -2.11. The number of nitriles is 1. The monoisotopic (exact) mass is 226 g/mol. The van der Waals surface area contributed by atoms with E-state index in [0.717, 1.165) is 5.56 Å². The molecule has 0 aliphatic carbocycles. The van der Waals surface area contributed by atoms with Gasteiger partial charge in [-0.15, -0.1) is 0 Å². The number of carbonyl (C=O) groups is 1. The lowest BCUT2D eigenvalue weighted by atomic mass is 10.2. The molecule has 1 aromatic heterocycles. The first-order valence-electron chi connectivity index (χ1n) is 5.06. The lowest BCUT2D eigenvalue weighted by Gasteiger charge is -2.03. The van der Waals surface area contributed by atoms with Crippen LogP contribution >= 0.6 is 0 Å². The van der Waals surface area contributed by atoms with Gasteiger partial charge in [0.1, 0.15) is 0 Å². The Hall–Kier alpha value is -2.54. The molecule has 0 saturated heterocycles. The minimum atomic E-state index is -0.294. The van der Waals surface area contributed by atoms with E-state index in [2.05, 4.69) is 5.32 Å². The molecule has 2 aromatic rings. The van der Waals surface area contributed by atoms with Gasteiger partial charge in [0.25, 0.3) is 5.91 Å². The summed E-state index contributed by atoms with van der Waals surface area (Å²) >= 11 is 0. The molecule has 1 amide bonds. The van der Waals surface area contributed by atoms with Crippen molar-refractivity contribution in [3.05, 3.63) is 53.5 Å². The second-order valence-electron chi connectivity index (χ2n) is 3.58. The van der Waals surface area contributed by atoms with Gasteiger partial charge in [-0.3, -0.25) is 4.79 Å². The number of amides is 1. The first-order valence-corrected chi connectivity index (χ1v) is 5.06. The molecule has 4 heteroatoms. The summed E-state index contributed by atoms with van der Waals surface area (Å²) in [4.78, 5) is 11.8. The summed E-state index contributed by atoms with van der Waals surface area (Å²) in [6.45, 7) is 1.80. The van der Waals surface area contributed by atoms with Gasteiger partial charge in [-0.2, -0.15) is 5.26 Å². The molecule has 0 saturated carbocycles. The number of rotatable bonds is 2. The van der Waals surface area contributed by atoms with Gasteiger partial charge in [0.05, 0.1) is 17.9 Å². The van der Waals surface area contributed by atoms with Crippen LogP contribution in [0, 0.1) is 18.3 Å². The van der Waals surface area contributed by atoms with Crippen molar-refractivity contribution in [3.8, 4) is 6.07 Å². The summed E-state index contributed by atoms with van der Waals surface area (Å²) in [5, 5.41) is 11.3. The Morgan fingerprint density at radius 3 is 2.53 bits per heavy atom. The zero-order chi connectivity index (χ0) is 12.3. The maximum absolute atomic E-state index is 11.8. The Balaban J connectivity index is 2.14. The molecular formula is C13H10N2O2. The average molecular weight is 226 g/mol. The molecule has 0 bridgehead atoms. The summed E-state index contributed by atoms with van der Waals surface area (Å²) in [6, 6.07) is 10.4. The van der Waals surface area contributed by atoms with Crippen LogP contribution in [0.2, 0.25) is 0 Å². The highest BCUT2D eigenvalue weighted by Crippen LogP contribution is 2.13. The van der Waals surface area contributed by atoms with Gasteiger partial charge in [0.15, 0.2) is 5.76 Å².